The van der Waals surface area contributed by atoms with Gasteiger partial charge in [0.1, 0.15) is 5.82 Å². The van der Waals surface area contributed by atoms with Gasteiger partial charge >= 0.3 is 0 Å². The third kappa shape index (κ3) is 4.41. The Labute approximate surface area is 164 Å². The molecule has 1 aliphatic rings. The van der Waals surface area contributed by atoms with Crippen molar-refractivity contribution < 1.29 is 4.74 Å². The zero-order chi connectivity index (χ0) is 19.3. The van der Waals surface area contributed by atoms with E-state index in [4.69, 9.17) is 4.74 Å². The van der Waals surface area contributed by atoms with Crippen LogP contribution in [0, 0.1) is 0 Å². The molecule has 0 saturated carbocycles. The third-order valence-corrected chi connectivity index (χ3v) is 4.94. The van der Waals surface area contributed by atoms with Gasteiger partial charge in [-0.15, -0.1) is 0 Å². The summed E-state index contributed by atoms with van der Waals surface area (Å²) in [5, 5.41) is 7.46. The number of hydrogen-bond donors (Lipinski definition) is 2. The second kappa shape index (κ2) is 8.55. The zero-order valence-electron chi connectivity index (χ0n) is 16.2. The molecule has 1 saturated heterocycles. The number of fused-ring (bicyclic) bond motifs is 1. The molecule has 8 nitrogen and oxygen atoms in total. The number of methoxy groups -OCH3 is 1. The standard InChI is InChI=1S/C20H25N7O/c1-14(28-2)17-9-16-11-24-20(25-18(16)12-22-17)26-19-4-3-15(10-23-19)13-27-7-5-21-6-8-27/h3-4,9-12,14,21H,5-8,13H2,1-2H3,(H,23,24,25,26). The summed E-state index contributed by atoms with van der Waals surface area (Å²) in [6, 6.07) is 6.02. The smallest absolute Gasteiger partial charge is 0.228 e. The predicted octanol–water partition coefficient (Wildman–Crippen LogP) is 2.28. The fourth-order valence-corrected chi connectivity index (χ4v) is 3.19. The monoisotopic (exact) mass is 379 g/mol. The molecule has 1 fully saturated rings. The number of aromatic nitrogens is 4. The lowest BCUT2D eigenvalue weighted by Crippen LogP contribution is -2.42. The molecule has 1 aliphatic heterocycles. The van der Waals surface area contributed by atoms with Crippen LogP contribution in [-0.4, -0.2) is 58.1 Å². The van der Waals surface area contributed by atoms with Crippen LogP contribution < -0.4 is 10.6 Å². The molecule has 0 spiro atoms. The summed E-state index contributed by atoms with van der Waals surface area (Å²) in [4.78, 5) is 20.3. The maximum absolute atomic E-state index is 5.32. The Hall–Kier alpha value is -2.68. The van der Waals surface area contributed by atoms with Crippen LogP contribution in [0.3, 0.4) is 0 Å². The maximum atomic E-state index is 5.32. The van der Waals surface area contributed by atoms with Crippen LogP contribution in [0.25, 0.3) is 10.9 Å². The van der Waals surface area contributed by atoms with Crippen molar-refractivity contribution in [1.82, 2.24) is 30.2 Å². The first-order chi connectivity index (χ1) is 13.7. The van der Waals surface area contributed by atoms with Crippen molar-refractivity contribution in [1.29, 1.82) is 0 Å². The van der Waals surface area contributed by atoms with Crippen molar-refractivity contribution >= 4 is 22.7 Å². The minimum Gasteiger partial charge on any atom is -0.375 e. The summed E-state index contributed by atoms with van der Waals surface area (Å²) in [6.07, 6.45) is 5.38. The van der Waals surface area contributed by atoms with Gasteiger partial charge in [-0.1, -0.05) is 6.07 Å². The predicted molar refractivity (Wildman–Crippen MR) is 108 cm³/mol. The van der Waals surface area contributed by atoms with Gasteiger partial charge in [0, 0.05) is 57.6 Å². The molecule has 0 amide bonds. The van der Waals surface area contributed by atoms with Gasteiger partial charge in [0.2, 0.25) is 5.95 Å². The molecular weight excluding hydrogens is 354 g/mol. The minimum atomic E-state index is -0.0638. The Kier molecular flexibility index (Phi) is 5.70. The molecule has 3 aromatic rings. The topological polar surface area (TPSA) is 88.1 Å². The number of ether oxygens (including phenoxy) is 1. The van der Waals surface area contributed by atoms with E-state index in [1.54, 1.807) is 19.5 Å². The number of piperazine rings is 1. The first-order valence-corrected chi connectivity index (χ1v) is 9.52. The number of rotatable bonds is 6. The zero-order valence-corrected chi connectivity index (χ0v) is 16.2. The van der Waals surface area contributed by atoms with Gasteiger partial charge in [-0.2, -0.15) is 0 Å². The Morgan fingerprint density at radius 1 is 1.14 bits per heavy atom. The highest BCUT2D eigenvalue weighted by atomic mass is 16.5. The van der Waals surface area contributed by atoms with Crippen LogP contribution in [0.2, 0.25) is 0 Å². The molecule has 2 N–H and O–H groups in total. The average Bonchev–Trinajstić information content (AvgIpc) is 2.75. The highest BCUT2D eigenvalue weighted by Crippen LogP contribution is 2.20. The van der Waals surface area contributed by atoms with E-state index in [1.165, 1.54) is 5.56 Å². The van der Waals surface area contributed by atoms with Crippen LogP contribution >= 0.6 is 0 Å². The lowest BCUT2D eigenvalue weighted by Gasteiger charge is -2.27. The number of pyridine rings is 2. The molecule has 4 heterocycles. The molecule has 146 valence electrons. The van der Waals surface area contributed by atoms with Gasteiger partial charge in [-0.25, -0.2) is 15.0 Å². The molecule has 1 atom stereocenters. The average molecular weight is 379 g/mol. The van der Waals surface area contributed by atoms with Crippen molar-refractivity contribution in [2.24, 2.45) is 0 Å². The van der Waals surface area contributed by atoms with Crippen molar-refractivity contribution in [3.63, 3.8) is 0 Å². The summed E-state index contributed by atoms with van der Waals surface area (Å²) in [7, 11) is 1.67. The Balaban J connectivity index is 1.43. The third-order valence-electron chi connectivity index (χ3n) is 4.94. The summed E-state index contributed by atoms with van der Waals surface area (Å²) in [5.74, 6) is 1.23. The second-order valence-electron chi connectivity index (χ2n) is 6.94. The molecule has 28 heavy (non-hydrogen) atoms. The van der Waals surface area contributed by atoms with E-state index in [-0.39, 0.29) is 6.10 Å². The van der Waals surface area contributed by atoms with E-state index >= 15 is 0 Å². The second-order valence-corrected chi connectivity index (χ2v) is 6.94. The largest absolute Gasteiger partial charge is 0.375 e. The van der Waals surface area contributed by atoms with Crippen molar-refractivity contribution in [2.45, 2.75) is 19.6 Å². The molecule has 4 rings (SSSR count). The SMILES string of the molecule is COC(C)c1cc2cnc(Nc3ccc(CN4CCNCC4)cn3)nc2cn1. The van der Waals surface area contributed by atoms with E-state index in [0.717, 1.165) is 55.1 Å². The van der Waals surface area contributed by atoms with E-state index in [0.29, 0.717) is 5.95 Å². The first kappa shape index (κ1) is 18.7. The van der Waals surface area contributed by atoms with Gasteiger partial charge in [-0.05, 0) is 24.6 Å². The molecule has 3 aromatic heterocycles. The molecular formula is C20H25N7O. The van der Waals surface area contributed by atoms with Crippen LogP contribution in [0.5, 0.6) is 0 Å². The molecule has 0 radical (unpaired) electrons. The highest BCUT2D eigenvalue weighted by molar-refractivity contribution is 5.78. The van der Waals surface area contributed by atoms with Gasteiger partial charge in [0.05, 0.1) is 23.5 Å². The Morgan fingerprint density at radius 2 is 2.00 bits per heavy atom. The number of hydrogen-bond acceptors (Lipinski definition) is 8. The molecule has 0 aromatic carbocycles. The van der Waals surface area contributed by atoms with E-state index < -0.39 is 0 Å². The lowest BCUT2D eigenvalue weighted by molar-refractivity contribution is 0.116. The van der Waals surface area contributed by atoms with Crippen LogP contribution in [0.4, 0.5) is 11.8 Å². The number of nitrogens with one attached hydrogen (secondary N) is 2. The Bertz CT molecular complexity index is 925. The molecule has 0 aliphatic carbocycles. The lowest BCUT2D eigenvalue weighted by atomic mass is 10.2. The number of anilines is 2. The van der Waals surface area contributed by atoms with Gasteiger partial charge in [0.15, 0.2) is 0 Å². The summed E-state index contributed by atoms with van der Waals surface area (Å²) < 4.78 is 5.32. The normalized spacial score (nSPS) is 16.2. The van der Waals surface area contributed by atoms with Crippen LogP contribution in [0.15, 0.2) is 36.8 Å². The van der Waals surface area contributed by atoms with E-state index in [9.17, 15) is 0 Å². The quantitative estimate of drug-likeness (QED) is 0.674. The maximum Gasteiger partial charge on any atom is 0.228 e. The van der Waals surface area contributed by atoms with Crippen LogP contribution in [-0.2, 0) is 11.3 Å². The summed E-state index contributed by atoms with van der Waals surface area (Å²) in [6.45, 7) is 7.13. The van der Waals surface area contributed by atoms with Crippen LogP contribution in [0.1, 0.15) is 24.3 Å². The fourth-order valence-electron chi connectivity index (χ4n) is 3.19. The van der Waals surface area contributed by atoms with Crippen molar-refractivity contribution in [3.8, 4) is 0 Å². The fraction of sp³-hybridized carbons (Fsp3) is 0.400. The van der Waals surface area contributed by atoms with Gasteiger partial charge in [-0.3, -0.25) is 9.88 Å². The van der Waals surface area contributed by atoms with Gasteiger partial charge < -0.3 is 15.4 Å². The van der Waals surface area contributed by atoms with E-state index in [1.807, 2.05) is 25.3 Å². The number of nitrogens with zero attached hydrogens (tertiary/aromatic N) is 5. The molecule has 1 unspecified atom stereocenters. The summed E-state index contributed by atoms with van der Waals surface area (Å²) >= 11 is 0. The highest BCUT2D eigenvalue weighted by Gasteiger charge is 2.11. The van der Waals surface area contributed by atoms with E-state index in [2.05, 4.69) is 41.5 Å². The van der Waals surface area contributed by atoms with Crippen molar-refractivity contribution in [2.75, 3.05) is 38.6 Å². The molecule has 8 heteroatoms. The van der Waals surface area contributed by atoms with Gasteiger partial charge in [0.25, 0.3) is 0 Å². The summed E-state index contributed by atoms with van der Waals surface area (Å²) in [5.41, 5.74) is 2.84. The first-order valence-electron chi connectivity index (χ1n) is 9.52. The minimum absolute atomic E-state index is 0.0638. The van der Waals surface area contributed by atoms with Crippen molar-refractivity contribution in [3.05, 3.63) is 48.0 Å². The molecule has 0 bridgehead atoms. The Morgan fingerprint density at radius 3 is 2.75 bits per heavy atom.